The number of nitrogens with zero attached hydrogens (tertiary/aromatic N) is 2. The van der Waals surface area contributed by atoms with E-state index < -0.39 is 0 Å². The SMILES string of the molecule is C=O.CC.Cc1ncc(-c2ccc(CNCCCN=C(N)N)cc2)c(=O)[nH]1. The fourth-order valence-corrected chi connectivity index (χ4v) is 2.14. The molecule has 1 aromatic heterocycles. The van der Waals surface area contributed by atoms with Crippen molar-refractivity contribution >= 4 is 12.7 Å². The Labute approximate surface area is 160 Å². The van der Waals surface area contributed by atoms with Gasteiger partial charge in [-0.2, -0.15) is 0 Å². The van der Waals surface area contributed by atoms with Crippen LogP contribution in [0.1, 0.15) is 31.7 Å². The van der Waals surface area contributed by atoms with Gasteiger partial charge in [-0.15, -0.1) is 0 Å². The number of aromatic amines is 1. The summed E-state index contributed by atoms with van der Waals surface area (Å²) in [6.45, 7) is 9.97. The van der Waals surface area contributed by atoms with E-state index in [4.69, 9.17) is 16.3 Å². The topological polar surface area (TPSA) is 139 Å². The molecule has 0 fully saturated rings. The Bertz CT molecular complexity index is 737. The van der Waals surface area contributed by atoms with Crippen LogP contribution in [0.4, 0.5) is 0 Å². The van der Waals surface area contributed by atoms with Gasteiger partial charge in [-0.05, 0) is 31.0 Å². The van der Waals surface area contributed by atoms with Crippen LogP contribution in [0.5, 0.6) is 0 Å². The molecule has 0 amide bonds. The summed E-state index contributed by atoms with van der Waals surface area (Å²) in [7, 11) is 0. The van der Waals surface area contributed by atoms with Gasteiger partial charge in [0.2, 0.25) is 0 Å². The molecule has 0 aliphatic carbocycles. The van der Waals surface area contributed by atoms with Crippen molar-refractivity contribution in [3.63, 3.8) is 0 Å². The van der Waals surface area contributed by atoms with Gasteiger partial charge in [-0.25, -0.2) is 4.98 Å². The monoisotopic (exact) mass is 374 g/mol. The first-order valence-corrected chi connectivity index (χ1v) is 8.76. The number of H-pyrrole nitrogens is 1. The van der Waals surface area contributed by atoms with Gasteiger partial charge in [0.05, 0.1) is 5.56 Å². The summed E-state index contributed by atoms with van der Waals surface area (Å²) in [5.74, 6) is 0.737. The molecule has 148 valence electrons. The van der Waals surface area contributed by atoms with Gasteiger partial charge < -0.3 is 26.6 Å². The average Bonchev–Trinajstić information content (AvgIpc) is 2.68. The molecule has 0 atom stereocenters. The number of hydrogen-bond donors (Lipinski definition) is 4. The standard InChI is InChI=1S/C16H22N6O.C2H6.CH2O/c1-11-21-10-14(15(23)22-11)13-5-3-12(4-6-13)9-19-7-2-8-20-16(17)18;2*1-2/h3-6,10,19H,2,7-9H2,1H3,(H4,17,18,20)(H,21,22,23);1-2H3;1H2. The Kier molecular flexibility index (Phi) is 12.6. The van der Waals surface area contributed by atoms with Crippen molar-refractivity contribution in [2.45, 2.75) is 33.7 Å². The lowest BCUT2D eigenvalue weighted by molar-refractivity contribution is -0.0979. The number of carbonyl (C=O) groups excluding carboxylic acids is 1. The Morgan fingerprint density at radius 2 is 1.85 bits per heavy atom. The molecule has 0 aliphatic heterocycles. The molecule has 8 nitrogen and oxygen atoms in total. The molecule has 0 spiro atoms. The van der Waals surface area contributed by atoms with Crippen LogP contribution >= 0.6 is 0 Å². The number of nitrogens with one attached hydrogen (secondary N) is 2. The molecule has 0 aliphatic rings. The highest BCUT2D eigenvalue weighted by atomic mass is 16.1. The fourth-order valence-electron chi connectivity index (χ4n) is 2.14. The predicted octanol–water partition coefficient (Wildman–Crippen LogP) is 1.34. The molecule has 0 saturated carbocycles. The third-order valence-electron chi connectivity index (χ3n) is 3.33. The summed E-state index contributed by atoms with van der Waals surface area (Å²) in [6, 6.07) is 7.85. The number of aryl methyl sites for hydroxylation is 1. The molecule has 0 unspecified atom stereocenters. The van der Waals surface area contributed by atoms with E-state index in [0.29, 0.717) is 17.9 Å². The number of nitrogens with two attached hydrogens (primary N) is 2. The Morgan fingerprint density at radius 3 is 2.41 bits per heavy atom. The molecule has 0 bridgehead atoms. The predicted molar refractivity (Wildman–Crippen MR) is 111 cm³/mol. The van der Waals surface area contributed by atoms with Crippen molar-refractivity contribution in [3.8, 4) is 11.1 Å². The lowest BCUT2D eigenvalue weighted by atomic mass is 10.1. The van der Waals surface area contributed by atoms with Crippen molar-refractivity contribution in [1.82, 2.24) is 15.3 Å². The number of carbonyl (C=O) groups is 1. The quantitative estimate of drug-likeness (QED) is 0.328. The minimum atomic E-state index is -0.122. The second kappa shape index (κ2) is 14.2. The van der Waals surface area contributed by atoms with E-state index in [1.165, 1.54) is 0 Å². The second-order valence-electron chi connectivity index (χ2n) is 5.25. The first kappa shape index (κ1) is 24.0. The van der Waals surface area contributed by atoms with Gasteiger partial charge in [-0.3, -0.25) is 9.79 Å². The van der Waals surface area contributed by atoms with Gasteiger partial charge in [-0.1, -0.05) is 38.1 Å². The number of aromatic nitrogens is 2. The number of benzene rings is 1. The van der Waals surface area contributed by atoms with Crippen LogP contribution in [0.2, 0.25) is 0 Å². The summed E-state index contributed by atoms with van der Waals surface area (Å²) in [5, 5.41) is 3.32. The zero-order valence-electron chi connectivity index (χ0n) is 16.3. The van der Waals surface area contributed by atoms with Crippen molar-refractivity contribution < 1.29 is 4.79 Å². The van der Waals surface area contributed by atoms with Gasteiger partial charge in [0.1, 0.15) is 12.6 Å². The van der Waals surface area contributed by atoms with Gasteiger partial charge in [0, 0.05) is 19.3 Å². The molecule has 1 aromatic carbocycles. The Balaban J connectivity index is 0.00000158. The van der Waals surface area contributed by atoms with E-state index in [0.717, 1.165) is 30.6 Å². The van der Waals surface area contributed by atoms with E-state index in [1.807, 2.05) is 44.9 Å². The van der Waals surface area contributed by atoms with Crippen LogP contribution in [0.25, 0.3) is 11.1 Å². The summed E-state index contributed by atoms with van der Waals surface area (Å²) in [5.41, 5.74) is 13.0. The lowest BCUT2D eigenvalue weighted by Gasteiger charge is -2.06. The van der Waals surface area contributed by atoms with Crippen LogP contribution in [-0.4, -0.2) is 35.8 Å². The fraction of sp³-hybridized carbons (Fsp3) is 0.368. The lowest BCUT2D eigenvalue weighted by Crippen LogP contribution is -2.23. The number of guanidine groups is 1. The molecular weight excluding hydrogens is 344 g/mol. The van der Waals surface area contributed by atoms with Gasteiger partial charge >= 0.3 is 0 Å². The average molecular weight is 374 g/mol. The maximum absolute atomic E-state index is 11.9. The molecule has 6 N–H and O–H groups in total. The van der Waals surface area contributed by atoms with E-state index in [1.54, 1.807) is 13.1 Å². The van der Waals surface area contributed by atoms with Gasteiger partial charge in [0.15, 0.2) is 5.96 Å². The summed E-state index contributed by atoms with van der Waals surface area (Å²) in [4.78, 5) is 30.7. The minimum Gasteiger partial charge on any atom is -0.370 e. The van der Waals surface area contributed by atoms with Crippen molar-refractivity contribution in [1.29, 1.82) is 0 Å². The molecule has 2 rings (SSSR count). The number of hydrogen-bond acceptors (Lipinski definition) is 5. The van der Waals surface area contributed by atoms with E-state index in [-0.39, 0.29) is 11.5 Å². The van der Waals surface area contributed by atoms with Crippen molar-refractivity contribution in [2.75, 3.05) is 13.1 Å². The van der Waals surface area contributed by atoms with Crippen molar-refractivity contribution in [3.05, 3.63) is 52.2 Å². The molecule has 2 aromatic rings. The minimum absolute atomic E-state index is 0.122. The third kappa shape index (κ3) is 9.31. The smallest absolute Gasteiger partial charge is 0.258 e. The Morgan fingerprint density at radius 1 is 1.22 bits per heavy atom. The Hall–Kier alpha value is -3.00. The molecule has 1 heterocycles. The first-order valence-electron chi connectivity index (χ1n) is 8.76. The zero-order chi connectivity index (χ0) is 20.7. The maximum Gasteiger partial charge on any atom is 0.258 e. The second-order valence-corrected chi connectivity index (χ2v) is 5.25. The molecule has 0 saturated heterocycles. The molecule has 0 radical (unpaired) electrons. The highest BCUT2D eigenvalue weighted by molar-refractivity contribution is 5.75. The highest BCUT2D eigenvalue weighted by Gasteiger charge is 2.04. The van der Waals surface area contributed by atoms with E-state index in [2.05, 4.69) is 20.3 Å². The van der Waals surface area contributed by atoms with E-state index in [9.17, 15) is 4.79 Å². The summed E-state index contributed by atoms with van der Waals surface area (Å²) in [6.07, 6.45) is 2.48. The number of rotatable bonds is 7. The van der Waals surface area contributed by atoms with Gasteiger partial charge in [0.25, 0.3) is 5.56 Å². The molecule has 27 heavy (non-hydrogen) atoms. The maximum atomic E-state index is 11.9. The molecule has 8 heteroatoms. The van der Waals surface area contributed by atoms with Crippen LogP contribution in [0.15, 0.2) is 40.2 Å². The highest BCUT2D eigenvalue weighted by Crippen LogP contribution is 2.15. The first-order chi connectivity index (χ1) is 13.1. The zero-order valence-corrected chi connectivity index (χ0v) is 16.3. The van der Waals surface area contributed by atoms with Crippen LogP contribution in [-0.2, 0) is 11.3 Å². The van der Waals surface area contributed by atoms with Crippen LogP contribution in [0.3, 0.4) is 0 Å². The van der Waals surface area contributed by atoms with E-state index >= 15 is 0 Å². The van der Waals surface area contributed by atoms with Crippen LogP contribution < -0.4 is 22.3 Å². The largest absolute Gasteiger partial charge is 0.370 e. The normalized spacial score (nSPS) is 9.30. The summed E-state index contributed by atoms with van der Waals surface area (Å²) < 4.78 is 0. The van der Waals surface area contributed by atoms with Crippen molar-refractivity contribution in [2.24, 2.45) is 16.5 Å². The third-order valence-corrected chi connectivity index (χ3v) is 3.33. The number of aliphatic imine (C=N–C) groups is 1. The van der Waals surface area contributed by atoms with Crippen LogP contribution in [0, 0.1) is 6.92 Å². The molecular formula is C19H30N6O2. The summed E-state index contributed by atoms with van der Waals surface area (Å²) >= 11 is 0.